The summed E-state index contributed by atoms with van der Waals surface area (Å²) in [5, 5.41) is 4.01. The Morgan fingerprint density at radius 2 is 2.12 bits per heavy atom. The van der Waals surface area contributed by atoms with E-state index >= 15 is 0 Å². The summed E-state index contributed by atoms with van der Waals surface area (Å²) in [6.07, 6.45) is 3.66. The third kappa shape index (κ3) is 5.10. The predicted octanol–water partition coefficient (Wildman–Crippen LogP) is 2.36. The fourth-order valence-electron chi connectivity index (χ4n) is 2.03. The molecule has 1 aliphatic carbocycles. The van der Waals surface area contributed by atoms with Gasteiger partial charge in [-0.3, -0.25) is 4.99 Å². The highest BCUT2D eigenvalue weighted by Gasteiger charge is 2.24. The summed E-state index contributed by atoms with van der Waals surface area (Å²) < 4.78 is 0. The summed E-state index contributed by atoms with van der Waals surface area (Å²) in [4.78, 5) is 4.56. The molecule has 16 heavy (non-hydrogen) atoms. The topological polar surface area (TPSA) is 50.4 Å². The number of thioether (sulfide) groups is 1. The van der Waals surface area contributed by atoms with Crippen LogP contribution < -0.4 is 11.1 Å². The molecular weight excluding hydrogens is 218 g/mol. The maximum absolute atomic E-state index is 5.89. The van der Waals surface area contributed by atoms with Crippen molar-refractivity contribution in [2.24, 2.45) is 10.7 Å². The van der Waals surface area contributed by atoms with Crippen molar-refractivity contribution in [3.8, 4) is 0 Å². The first-order chi connectivity index (χ1) is 7.40. The van der Waals surface area contributed by atoms with Gasteiger partial charge in [-0.25, -0.2) is 0 Å². The minimum absolute atomic E-state index is 0.00373. The van der Waals surface area contributed by atoms with Crippen LogP contribution in [0, 0.1) is 0 Å². The monoisotopic (exact) mass is 243 g/mol. The average Bonchev–Trinajstić information content (AvgIpc) is 2.49. The van der Waals surface area contributed by atoms with Crippen molar-refractivity contribution in [3.05, 3.63) is 0 Å². The lowest BCUT2D eigenvalue weighted by Crippen LogP contribution is -2.45. The smallest absolute Gasteiger partial charge is 0.189 e. The van der Waals surface area contributed by atoms with Gasteiger partial charge in [-0.2, -0.15) is 11.8 Å². The van der Waals surface area contributed by atoms with E-state index in [4.69, 9.17) is 5.73 Å². The van der Waals surface area contributed by atoms with Gasteiger partial charge < -0.3 is 11.1 Å². The Kier molecular flexibility index (Phi) is 4.96. The van der Waals surface area contributed by atoms with Gasteiger partial charge >= 0.3 is 0 Å². The van der Waals surface area contributed by atoms with E-state index in [9.17, 15) is 0 Å². The summed E-state index contributed by atoms with van der Waals surface area (Å²) in [6, 6.07) is 0.430. The van der Waals surface area contributed by atoms with E-state index in [1.807, 2.05) is 0 Å². The van der Waals surface area contributed by atoms with E-state index in [1.165, 1.54) is 25.0 Å². The molecule has 0 aromatic rings. The highest BCUT2D eigenvalue weighted by atomic mass is 32.2. The molecule has 1 rings (SSSR count). The minimum atomic E-state index is 0.00373. The van der Waals surface area contributed by atoms with E-state index in [1.54, 1.807) is 0 Å². The van der Waals surface area contributed by atoms with Crippen LogP contribution in [-0.4, -0.2) is 28.5 Å². The van der Waals surface area contributed by atoms with Gasteiger partial charge in [-0.05, 0) is 45.8 Å². The maximum Gasteiger partial charge on any atom is 0.189 e. The molecule has 0 aliphatic heterocycles. The number of nitrogens with two attached hydrogens (primary N) is 1. The summed E-state index contributed by atoms with van der Waals surface area (Å²) in [7, 11) is 0. The molecule has 1 fully saturated rings. The summed E-state index contributed by atoms with van der Waals surface area (Å²) in [5.74, 6) is 1.80. The van der Waals surface area contributed by atoms with Crippen molar-refractivity contribution in [1.29, 1.82) is 0 Å². The third-order valence-corrected chi connectivity index (χ3v) is 3.82. The number of hydrogen-bond donors (Lipinski definition) is 2. The fourth-order valence-corrected chi connectivity index (χ4v) is 3.17. The molecule has 0 aromatic carbocycles. The molecule has 94 valence electrons. The van der Waals surface area contributed by atoms with Gasteiger partial charge in [-0.1, -0.05) is 6.92 Å². The van der Waals surface area contributed by atoms with Crippen molar-refractivity contribution < 1.29 is 0 Å². The van der Waals surface area contributed by atoms with Crippen molar-refractivity contribution in [2.45, 2.75) is 63.8 Å². The van der Waals surface area contributed by atoms with Crippen molar-refractivity contribution in [1.82, 2.24) is 5.32 Å². The molecular formula is C12H25N3S. The SMILES string of the molecule is CCSC1CCC(N=C(N)NC(C)(C)C)C1. The first-order valence-corrected chi connectivity index (χ1v) is 7.18. The van der Waals surface area contributed by atoms with E-state index in [2.05, 4.69) is 49.8 Å². The fraction of sp³-hybridized carbons (Fsp3) is 0.917. The van der Waals surface area contributed by atoms with Crippen LogP contribution in [-0.2, 0) is 0 Å². The second kappa shape index (κ2) is 5.80. The predicted molar refractivity (Wildman–Crippen MR) is 74.1 cm³/mol. The minimum Gasteiger partial charge on any atom is -0.370 e. The van der Waals surface area contributed by atoms with E-state index in [0.29, 0.717) is 12.0 Å². The molecule has 2 unspecified atom stereocenters. The molecule has 0 heterocycles. The molecule has 0 spiro atoms. The number of nitrogens with one attached hydrogen (secondary N) is 1. The molecule has 1 saturated carbocycles. The second-order valence-corrected chi connectivity index (χ2v) is 7.01. The molecule has 0 amide bonds. The first kappa shape index (κ1) is 13.7. The Hall–Kier alpha value is -0.380. The first-order valence-electron chi connectivity index (χ1n) is 6.13. The standard InChI is InChI=1S/C12H25N3S/c1-5-16-10-7-6-9(8-10)14-11(13)15-12(2,3)4/h9-10H,5-8H2,1-4H3,(H3,13,14,15). The molecule has 3 nitrogen and oxygen atoms in total. The van der Waals surface area contributed by atoms with Crippen LogP contribution in [0.5, 0.6) is 0 Å². The van der Waals surface area contributed by atoms with Gasteiger partial charge in [0.15, 0.2) is 5.96 Å². The summed E-state index contributed by atoms with van der Waals surface area (Å²) >= 11 is 2.05. The average molecular weight is 243 g/mol. The van der Waals surface area contributed by atoms with E-state index < -0.39 is 0 Å². The Labute approximate surface area is 104 Å². The van der Waals surface area contributed by atoms with Crippen LogP contribution in [0.2, 0.25) is 0 Å². The molecule has 1 aliphatic rings. The summed E-state index contributed by atoms with van der Waals surface area (Å²) in [5.41, 5.74) is 5.89. The summed E-state index contributed by atoms with van der Waals surface area (Å²) in [6.45, 7) is 8.51. The highest BCUT2D eigenvalue weighted by molar-refractivity contribution is 7.99. The maximum atomic E-state index is 5.89. The zero-order chi connectivity index (χ0) is 12.2. The Bertz CT molecular complexity index is 245. The zero-order valence-electron chi connectivity index (χ0n) is 10.9. The second-order valence-electron chi connectivity index (χ2n) is 5.43. The van der Waals surface area contributed by atoms with Gasteiger partial charge in [0, 0.05) is 10.8 Å². The normalized spacial score (nSPS) is 27.1. The zero-order valence-corrected chi connectivity index (χ0v) is 11.7. The van der Waals surface area contributed by atoms with Gasteiger partial charge in [0.25, 0.3) is 0 Å². The van der Waals surface area contributed by atoms with Crippen molar-refractivity contribution >= 4 is 17.7 Å². The van der Waals surface area contributed by atoms with Gasteiger partial charge in [0.2, 0.25) is 0 Å². The van der Waals surface area contributed by atoms with Crippen LogP contribution in [0.1, 0.15) is 47.0 Å². The Balaban J connectivity index is 2.40. The highest BCUT2D eigenvalue weighted by Crippen LogP contribution is 2.31. The number of aliphatic imine (C=N–C) groups is 1. The van der Waals surface area contributed by atoms with E-state index in [0.717, 1.165) is 5.25 Å². The van der Waals surface area contributed by atoms with Gasteiger partial charge in [0.05, 0.1) is 6.04 Å². The molecule has 2 atom stereocenters. The van der Waals surface area contributed by atoms with Crippen molar-refractivity contribution in [3.63, 3.8) is 0 Å². The van der Waals surface area contributed by atoms with Crippen LogP contribution in [0.15, 0.2) is 4.99 Å². The number of nitrogens with zero attached hydrogens (tertiary/aromatic N) is 1. The molecule has 0 aromatic heterocycles. The molecule has 0 radical (unpaired) electrons. The Morgan fingerprint density at radius 1 is 1.44 bits per heavy atom. The largest absolute Gasteiger partial charge is 0.370 e. The lowest BCUT2D eigenvalue weighted by molar-refractivity contribution is 0.505. The molecule has 4 heteroatoms. The lowest BCUT2D eigenvalue weighted by atomic mass is 10.1. The van der Waals surface area contributed by atoms with Crippen molar-refractivity contribution in [2.75, 3.05) is 5.75 Å². The van der Waals surface area contributed by atoms with Gasteiger partial charge in [-0.15, -0.1) is 0 Å². The number of rotatable bonds is 3. The lowest BCUT2D eigenvalue weighted by Gasteiger charge is -2.21. The van der Waals surface area contributed by atoms with E-state index in [-0.39, 0.29) is 5.54 Å². The Morgan fingerprint density at radius 3 is 2.69 bits per heavy atom. The molecule has 0 bridgehead atoms. The molecule has 3 N–H and O–H groups in total. The quantitative estimate of drug-likeness (QED) is 0.591. The van der Waals surface area contributed by atoms with Gasteiger partial charge in [0.1, 0.15) is 0 Å². The molecule has 0 saturated heterocycles. The number of hydrogen-bond acceptors (Lipinski definition) is 2. The van der Waals surface area contributed by atoms with Crippen LogP contribution in [0.3, 0.4) is 0 Å². The van der Waals surface area contributed by atoms with Crippen LogP contribution in [0.25, 0.3) is 0 Å². The third-order valence-electron chi connectivity index (χ3n) is 2.58. The van der Waals surface area contributed by atoms with Crippen LogP contribution in [0.4, 0.5) is 0 Å². The van der Waals surface area contributed by atoms with Crippen LogP contribution >= 0.6 is 11.8 Å². The number of guanidine groups is 1.